The first kappa shape index (κ1) is 79.9. The second-order valence-electron chi connectivity index (χ2n) is 25.6. The van der Waals surface area contributed by atoms with Crippen molar-refractivity contribution in [3.05, 3.63) is 24.3 Å². The first-order valence-corrected chi connectivity index (χ1v) is 37.3. The maximum absolute atomic E-state index is 12.9. The second kappa shape index (κ2) is 71.4. The molecule has 6 heteroatoms. The van der Waals surface area contributed by atoms with Gasteiger partial charge in [-0.15, -0.1) is 0 Å². The van der Waals surface area contributed by atoms with E-state index in [1.165, 1.54) is 321 Å². The highest BCUT2D eigenvalue weighted by atomic mass is 16.6. The normalized spacial score (nSPS) is 12.1. The summed E-state index contributed by atoms with van der Waals surface area (Å²) in [5.74, 6) is -0.852. The Morgan fingerprint density at radius 1 is 0.232 bits per heavy atom. The molecule has 0 aromatic carbocycles. The van der Waals surface area contributed by atoms with Gasteiger partial charge in [0.25, 0.3) is 0 Å². The predicted octanol–water partition coefficient (Wildman–Crippen LogP) is 25.7. The molecular formula is C76H144O6. The van der Waals surface area contributed by atoms with E-state index in [2.05, 4.69) is 45.1 Å². The lowest BCUT2D eigenvalue weighted by atomic mass is 10.0. The van der Waals surface area contributed by atoms with Gasteiger partial charge in [-0.2, -0.15) is 0 Å². The molecule has 0 saturated heterocycles. The number of hydrogen-bond acceptors (Lipinski definition) is 6. The van der Waals surface area contributed by atoms with Crippen molar-refractivity contribution in [2.24, 2.45) is 0 Å². The van der Waals surface area contributed by atoms with Gasteiger partial charge in [-0.25, -0.2) is 0 Å². The Morgan fingerprint density at radius 3 is 0.610 bits per heavy atom. The van der Waals surface area contributed by atoms with Crippen LogP contribution in [0.2, 0.25) is 0 Å². The highest BCUT2D eigenvalue weighted by Crippen LogP contribution is 2.19. The Labute approximate surface area is 513 Å². The molecule has 484 valence electrons. The van der Waals surface area contributed by atoms with Gasteiger partial charge in [0, 0.05) is 19.3 Å². The quantitative estimate of drug-likeness (QED) is 0.0261. The number of carbonyl (C=O) groups excluding carboxylic acids is 3. The molecule has 0 amide bonds. The summed E-state index contributed by atoms with van der Waals surface area (Å²) in [6.07, 6.45) is 88.1. The van der Waals surface area contributed by atoms with Crippen LogP contribution in [0, 0.1) is 0 Å². The van der Waals surface area contributed by atoms with Gasteiger partial charge in [-0.05, 0) is 70.6 Å². The lowest BCUT2D eigenvalue weighted by molar-refractivity contribution is -0.167. The molecule has 0 aliphatic rings. The molecule has 6 nitrogen and oxygen atoms in total. The standard InChI is InChI=1S/C76H144O6/c1-4-7-10-13-16-19-22-25-28-30-31-32-33-34-35-36-37-38-39-40-41-42-43-44-46-48-51-54-57-60-63-66-69-75(78)81-72-73(71-80-74(77)68-65-62-59-56-53-50-47-27-24-21-18-15-12-9-6-3)82-76(79)70-67-64-61-58-55-52-49-45-29-26-23-20-17-14-11-8-5-2/h26-27,29,47,73H,4-25,28,30-46,48-72H2,1-3H3/b29-26-,47-27-. The lowest BCUT2D eigenvalue weighted by Crippen LogP contribution is -2.30. The van der Waals surface area contributed by atoms with Crippen LogP contribution in [0.25, 0.3) is 0 Å². The molecule has 0 radical (unpaired) electrons. The lowest BCUT2D eigenvalue weighted by Gasteiger charge is -2.18. The molecule has 1 unspecified atom stereocenters. The summed E-state index contributed by atoms with van der Waals surface area (Å²) in [5.41, 5.74) is 0. The minimum absolute atomic E-state index is 0.0703. The zero-order valence-corrected chi connectivity index (χ0v) is 55.8. The minimum atomic E-state index is -0.775. The zero-order valence-electron chi connectivity index (χ0n) is 55.8. The highest BCUT2D eigenvalue weighted by Gasteiger charge is 2.20. The summed E-state index contributed by atoms with van der Waals surface area (Å²) >= 11 is 0. The zero-order chi connectivity index (χ0) is 59.2. The van der Waals surface area contributed by atoms with E-state index in [-0.39, 0.29) is 31.1 Å². The Kier molecular flexibility index (Phi) is 69.5. The molecule has 0 heterocycles. The summed E-state index contributed by atoms with van der Waals surface area (Å²) in [4.78, 5) is 38.4. The summed E-state index contributed by atoms with van der Waals surface area (Å²) in [5, 5.41) is 0. The van der Waals surface area contributed by atoms with Crippen molar-refractivity contribution >= 4 is 17.9 Å². The Balaban J connectivity index is 4.13. The van der Waals surface area contributed by atoms with Gasteiger partial charge in [-0.3, -0.25) is 14.4 Å². The number of ether oxygens (including phenoxy) is 3. The van der Waals surface area contributed by atoms with E-state index in [4.69, 9.17) is 14.2 Å². The third kappa shape index (κ3) is 68.7. The fraction of sp³-hybridized carbons (Fsp3) is 0.908. The number of rotatable bonds is 70. The van der Waals surface area contributed by atoms with Crippen molar-refractivity contribution in [1.82, 2.24) is 0 Å². The Hall–Kier alpha value is -2.11. The van der Waals surface area contributed by atoms with Gasteiger partial charge in [0.15, 0.2) is 6.10 Å². The third-order valence-corrected chi connectivity index (χ3v) is 17.2. The number of carbonyl (C=O) groups is 3. The van der Waals surface area contributed by atoms with Crippen molar-refractivity contribution in [2.45, 2.75) is 431 Å². The topological polar surface area (TPSA) is 78.9 Å². The van der Waals surface area contributed by atoms with Crippen molar-refractivity contribution in [1.29, 1.82) is 0 Å². The van der Waals surface area contributed by atoms with Crippen molar-refractivity contribution in [2.75, 3.05) is 13.2 Å². The van der Waals surface area contributed by atoms with E-state index in [1.54, 1.807) is 0 Å². The summed E-state index contributed by atoms with van der Waals surface area (Å²) < 4.78 is 17.0. The molecule has 0 aromatic rings. The van der Waals surface area contributed by atoms with Gasteiger partial charge in [0.1, 0.15) is 13.2 Å². The van der Waals surface area contributed by atoms with E-state index in [0.717, 1.165) is 64.2 Å². The van der Waals surface area contributed by atoms with E-state index >= 15 is 0 Å². The van der Waals surface area contributed by atoms with Gasteiger partial charge in [0.2, 0.25) is 0 Å². The minimum Gasteiger partial charge on any atom is -0.462 e. The molecule has 0 saturated carbocycles. The molecule has 0 N–H and O–H groups in total. The van der Waals surface area contributed by atoms with Crippen LogP contribution in [0.1, 0.15) is 425 Å². The van der Waals surface area contributed by atoms with Crippen LogP contribution in [0.3, 0.4) is 0 Å². The molecule has 0 aliphatic carbocycles. The molecule has 0 bridgehead atoms. The average Bonchev–Trinajstić information content (AvgIpc) is 3.47. The van der Waals surface area contributed by atoms with Gasteiger partial charge >= 0.3 is 17.9 Å². The number of allylic oxidation sites excluding steroid dienone is 4. The number of hydrogen-bond donors (Lipinski definition) is 0. The van der Waals surface area contributed by atoms with Crippen LogP contribution >= 0.6 is 0 Å². The van der Waals surface area contributed by atoms with E-state index in [1.807, 2.05) is 0 Å². The Bertz CT molecular complexity index is 1320. The first-order chi connectivity index (χ1) is 40.5. The molecule has 0 fully saturated rings. The van der Waals surface area contributed by atoms with Gasteiger partial charge in [0.05, 0.1) is 0 Å². The molecule has 0 aliphatic heterocycles. The van der Waals surface area contributed by atoms with Crippen LogP contribution in [-0.4, -0.2) is 37.2 Å². The van der Waals surface area contributed by atoms with Crippen LogP contribution in [0.15, 0.2) is 24.3 Å². The predicted molar refractivity (Wildman–Crippen MR) is 358 cm³/mol. The number of esters is 3. The van der Waals surface area contributed by atoms with E-state index < -0.39 is 6.10 Å². The van der Waals surface area contributed by atoms with Gasteiger partial charge < -0.3 is 14.2 Å². The fourth-order valence-corrected chi connectivity index (χ4v) is 11.6. The molecule has 0 rings (SSSR count). The fourth-order valence-electron chi connectivity index (χ4n) is 11.6. The van der Waals surface area contributed by atoms with Crippen LogP contribution < -0.4 is 0 Å². The summed E-state index contributed by atoms with van der Waals surface area (Å²) in [7, 11) is 0. The maximum atomic E-state index is 12.9. The molecule has 0 spiro atoms. The van der Waals surface area contributed by atoms with Crippen LogP contribution in [0.4, 0.5) is 0 Å². The van der Waals surface area contributed by atoms with Crippen molar-refractivity contribution in [3.63, 3.8) is 0 Å². The maximum Gasteiger partial charge on any atom is 0.306 e. The van der Waals surface area contributed by atoms with Crippen molar-refractivity contribution in [3.8, 4) is 0 Å². The average molecular weight is 1150 g/mol. The number of unbranched alkanes of at least 4 members (excludes halogenated alkanes) is 55. The largest absolute Gasteiger partial charge is 0.462 e. The first-order valence-electron chi connectivity index (χ1n) is 37.3. The van der Waals surface area contributed by atoms with Gasteiger partial charge in [-0.1, -0.05) is 360 Å². The smallest absolute Gasteiger partial charge is 0.306 e. The molecule has 82 heavy (non-hydrogen) atoms. The Morgan fingerprint density at radius 2 is 0.402 bits per heavy atom. The summed E-state index contributed by atoms with van der Waals surface area (Å²) in [6, 6.07) is 0. The van der Waals surface area contributed by atoms with E-state index in [9.17, 15) is 14.4 Å². The highest BCUT2D eigenvalue weighted by molar-refractivity contribution is 5.71. The molecule has 1 atom stereocenters. The second-order valence-corrected chi connectivity index (χ2v) is 25.6. The van der Waals surface area contributed by atoms with E-state index in [0.29, 0.717) is 19.3 Å². The van der Waals surface area contributed by atoms with Crippen LogP contribution in [-0.2, 0) is 28.6 Å². The third-order valence-electron chi connectivity index (χ3n) is 17.2. The van der Waals surface area contributed by atoms with Crippen LogP contribution in [0.5, 0.6) is 0 Å². The monoisotopic (exact) mass is 1150 g/mol. The summed E-state index contributed by atoms with van der Waals surface area (Å²) in [6.45, 7) is 6.70. The van der Waals surface area contributed by atoms with Crippen molar-refractivity contribution < 1.29 is 28.6 Å². The SMILES string of the molecule is CCCCCCCC/C=C\CCCCCCCCCC(=O)OC(COC(=O)CCCCCCC/C=C\CCCCCCCC)COC(=O)CCCCCCCCCCCCCCCCCCCCCCCCCCCCCCCCCC. The molecular weight excluding hydrogens is 1010 g/mol. The molecule has 0 aromatic heterocycles.